The first-order valence-electron chi connectivity index (χ1n) is 11.8. The number of ether oxygens (including phenoxy) is 1. The summed E-state index contributed by atoms with van der Waals surface area (Å²) < 4.78 is 10.7. The van der Waals surface area contributed by atoms with Crippen LogP contribution in [0.15, 0.2) is 63.8 Å². The Balaban J connectivity index is 1.30. The van der Waals surface area contributed by atoms with Crippen LogP contribution in [0.2, 0.25) is 0 Å². The van der Waals surface area contributed by atoms with Crippen molar-refractivity contribution in [1.82, 2.24) is 14.9 Å². The van der Waals surface area contributed by atoms with Crippen LogP contribution in [0.3, 0.4) is 0 Å². The lowest BCUT2D eigenvalue weighted by atomic mass is 10.1. The molecule has 5 rings (SSSR count). The summed E-state index contributed by atoms with van der Waals surface area (Å²) in [5.41, 5.74) is 2.63. The number of carbonyl (C=O) groups is 1. The van der Waals surface area contributed by atoms with Crippen molar-refractivity contribution in [2.24, 2.45) is 0 Å². The molecule has 1 aliphatic heterocycles. The molecule has 184 valence electrons. The summed E-state index contributed by atoms with van der Waals surface area (Å²) in [6, 6.07) is 16.8. The van der Waals surface area contributed by atoms with Crippen LogP contribution in [-0.4, -0.2) is 54.1 Å². The van der Waals surface area contributed by atoms with Crippen molar-refractivity contribution in [1.29, 1.82) is 0 Å². The molecule has 9 heteroatoms. The van der Waals surface area contributed by atoms with Gasteiger partial charge < -0.3 is 24.3 Å². The van der Waals surface area contributed by atoms with Gasteiger partial charge in [0.05, 0.1) is 7.11 Å². The fourth-order valence-electron chi connectivity index (χ4n) is 4.27. The lowest BCUT2D eigenvalue weighted by molar-refractivity contribution is 0.0742. The Labute approximate surface area is 208 Å². The van der Waals surface area contributed by atoms with Gasteiger partial charge in [-0.25, -0.2) is 9.78 Å². The van der Waals surface area contributed by atoms with Crippen molar-refractivity contribution in [3.8, 4) is 5.75 Å². The highest BCUT2D eigenvalue weighted by molar-refractivity contribution is 5.97. The van der Waals surface area contributed by atoms with Crippen molar-refractivity contribution < 1.29 is 13.9 Å². The van der Waals surface area contributed by atoms with Gasteiger partial charge in [0.2, 0.25) is 5.95 Å². The molecule has 36 heavy (non-hydrogen) atoms. The molecule has 4 aromatic rings. The number of aryl methyl sites for hydroxylation is 2. The molecule has 0 unspecified atom stereocenters. The Bertz CT molecular complexity index is 1470. The van der Waals surface area contributed by atoms with E-state index < -0.39 is 5.63 Å². The summed E-state index contributed by atoms with van der Waals surface area (Å²) in [5, 5.41) is 3.90. The van der Waals surface area contributed by atoms with E-state index in [1.807, 2.05) is 44.2 Å². The molecule has 1 aliphatic rings. The Morgan fingerprint density at radius 3 is 2.47 bits per heavy atom. The predicted molar refractivity (Wildman–Crippen MR) is 138 cm³/mol. The van der Waals surface area contributed by atoms with E-state index >= 15 is 0 Å². The minimum Gasteiger partial charge on any atom is -0.493 e. The predicted octanol–water partition coefficient (Wildman–Crippen LogP) is 3.91. The van der Waals surface area contributed by atoms with Gasteiger partial charge >= 0.3 is 5.63 Å². The number of carbonyl (C=O) groups excluding carboxylic acids is 1. The number of hydrogen-bond donors (Lipinski definition) is 1. The highest BCUT2D eigenvalue weighted by Crippen LogP contribution is 2.25. The molecular formula is C27H27N5O4. The topological polar surface area (TPSA) is 101 Å². The number of benzene rings is 2. The number of nitrogens with one attached hydrogen (secondary N) is 1. The molecule has 1 fully saturated rings. The molecule has 3 heterocycles. The maximum Gasteiger partial charge on any atom is 0.349 e. The first-order valence-corrected chi connectivity index (χ1v) is 11.8. The molecule has 0 radical (unpaired) electrons. The van der Waals surface area contributed by atoms with Crippen LogP contribution in [0.1, 0.15) is 21.6 Å². The Morgan fingerprint density at radius 2 is 1.75 bits per heavy atom. The summed E-state index contributed by atoms with van der Waals surface area (Å²) in [5.74, 6) is 1.43. The Morgan fingerprint density at radius 1 is 1.00 bits per heavy atom. The molecule has 1 N–H and O–H groups in total. The SMILES string of the molecule is COc1cccc2cc(C(=O)N3CCN(c4cc(C)nc(Nc5ccc(C)cc5)n4)CC3)c(=O)oc12. The van der Waals surface area contributed by atoms with Crippen LogP contribution in [0, 0.1) is 13.8 Å². The van der Waals surface area contributed by atoms with E-state index in [4.69, 9.17) is 14.1 Å². The summed E-state index contributed by atoms with van der Waals surface area (Å²) in [4.78, 5) is 38.8. The van der Waals surface area contributed by atoms with E-state index in [0.717, 1.165) is 17.2 Å². The zero-order valence-electron chi connectivity index (χ0n) is 20.4. The second-order valence-electron chi connectivity index (χ2n) is 8.79. The minimum absolute atomic E-state index is 0.0201. The number of nitrogens with zero attached hydrogens (tertiary/aromatic N) is 4. The van der Waals surface area contributed by atoms with E-state index in [1.165, 1.54) is 12.7 Å². The number of para-hydroxylation sites is 1. The van der Waals surface area contributed by atoms with Gasteiger partial charge in [-0.05, 0) is 38.1 Å². The third kappa shape index (κ3) is 4.72. The van der Waals surface area contributed by atoms with Crippen molar-refractivity contribution in [2.75, 3.05) is 43.5 Å². The highest BCUT2D eigenvalue weighted by atomic mass is 16.5. The van der Waals surface area contributed by atoms with E-state index in [1.54, 1.807) is 29.2 Å². The molecule has 0 saturated carbocycles. The molecule has 0 atom stereocenters. The van der Waals surface area contributed by atoms with Crippen LogP contribution in [0.25, 0.3) is 11.0 Å². The molecule has 2 aromatic heterocycles. The van der Waals surface area contributed by atoms with Crippen molar-refractivity contribution in [2.45, 2.75) is 13.8 Å². The average Bonchev–Trinajstić information content (AvgIpc) is 2.88. The number of anilines is 3. The summed E-state index contributed by atoms with van der Waals surface area (Å²) in [6.07, 6.45) is 0. The molecule has 0 aliphatic carbocycles. The summed E-state index contributed by atoms with van der Waals surface area (Å²) in [6.45, 7) is 6.05. The van der Waals surface area contributed by atoms with E-state index in [0.29, 0.717) is 48.8 Å². The molecule has 0 spiro atoms. The number of amides is 1. The number of hydrogen-bond acceptors (Lipinski definition) is 8. The molecule has 1 saturated heterocycles. The average molecular weight is 486 g/mol. The van der Waals surface area contributed by atoms with Gasteiger partial charge in [0.25, 0.3) is 5.91 Å². The first kappa shape index (κ1) is 23.3. The number of aromatic nitrogens is 2. The van der Waals surface area contributed by atoms with Gasteiger partial charge in [-0.3, -0.25) is 4.79 Å². The van der Waals surface area contributed by atoms with Crippen LogP contribution >= 0.6 is 0 Å². The lowest BCUT2D eigenvalue weighted by Crippen LogP contribution is -2.49. The van der Waals surface area contributed by atoms with Gasteiger partial charge in [-0.1, -0.05) is 29.8 Å². The second-order valence-corrected chi connectivity index (χ2v) is 8.79. The fourth-order valence-corrected chi connectivity index (χ4v) is 4.27. The van der Waals surface area contributed by atoms with Crippen LogP contribution in [0.4, 0.5) is 17.5 Å². The molecule has 0 bridgehead atoms. The van der Waals surface area contributed by atoms with Gasteiger partial charge in [0.1, 0.15) is 11.4 Å². The quantitative estimate of drug-likeness (QED) is 0.425. The summed E-state index contributed by atoms with van der Waals surface area (Å²) in [7, 11) is 1.51. The fraction of sp³-hybridized carbons (Fsp3) is 0.259. The lowest BCUT2D eigenvalue weighted by Gasteiger charge is -2.35. The Kier molecular flexibility index (Phi) is 6.28. The summed E-state index contributed by atoms with van der Waals surface area (Å²) >= 11 is 0. The van der Waals surface area contributed by atoms with Crippen molar-refractivity contribution in [3.05, 3.63) is 81.8 Å². The van der Waals surface area contributed by atoms with Gasteiger partial charge in [0.15, 0.2) is 11.3 Å². The Hall–Kier alpha value is -4.40. The van der Waals surface area contributed by atoms with E-state index in [2.05, 4.69) is 15.2 Å². The third-order valence-electron chi connectivity index (χ3n) is 6.21. The monoisotopic (exact) mass is 485 g/mol. The standard InChI is InChI=1S/C27H27N5O4/c1-17-7-9-20(10-8-17)29-27-28-18(2)15-23(30-27)31-11-13-32(14-12-31)25(33)21-16-19-5-4-6-22(35-3)24(19)36-26(21)34/h4-10,15-16H,11-14H2,1-3H3,(H,28,29,30). The maximum absolute atomic E-state index is 13.2. The van der Waals surface area contributed by atoms with Gasteiger partial charge in [-0.2, -0.15) is 4.98 Å². The minimum atomic E-state index is -0.669. The molecule has 9 nitrogen and oxygen atoms in total. The van der Waals surface area contributed by atoms with Gasteiger partial charge in [0, 0.05) is 49.0 Å². The van der Waals surface area contributed by atoms with Crippen LogP contribution in [0.5, 0.6) is 5.75 Å². The largest absolute Gasteiger partial charge is 0.493 e. The van der Waals surface area contributed by atoms with Gasteiger partial charge in [-0.15, -0.1) is 0 Å². The van der Waals surface area contributed by atoms with Crippen LogP contribution < -0.4 is 20.6 Å². The van der Waals surface area contributed by atoms with Crippen molar-refractivity contribution in [3.63, 3.8) is 0 Å². The zero-order chi connectivity index (χ0) is 25.2. The smallest absolute Gasteiger partial charge is 0.349 e. The number of rotatable bonds is 5. The zero-order valence-corrected chi connectivity index (χ0v) is 20.4. The third-order valence-corrected chi connectivity index (χ3v) is 6.21. The van der Waals surface area contributed by atoms with E-state index in [-0.39, 0.29) is 11.5 Å². The number of piperazine rings is 1. The molecule has 1 amide bonds. The maximum atomic E-state index is 13.2. The first-order chi connectivity index (χ1) is 17.4. The number of fused-ring (bicyclic) bond motifs is 1. The highest BCUT2D eigenvalue weighted by Gasteiger charge is 2.26. The molecular weight excluding hydrogens is 458 g/mol. The second kappa shape index (κ2) is 9.69. The van der Waals surface area contributed by atoms with E-state index in [9.17, 15) is 9.59 Å². The molecule has 2 aromatic carbocycles. The normalized spacial score (nSPS) is 13.6. The number of methoxy groups -OCH3 is 1. The van der Waals surface area contributed by atoms with Crippen molar-refractivity contribution >= 4 is 34.3 Å². The van der Waals surface area contributed by atoms with Crippen LogP contribution in [-0.2, 0) is 0 Å².